The summed E-state index contributed by atoms with van der Waals surface area (Å²) in [6, 6.07) is 12.5. The van der Waals surface area contributed by atoms with Gasteiger partial charge in [0.25, 0.3) is 0 Å². The maximum absolute atomic E-state index is 11.9. The Kier molecular flexibility index (Phi) is 7.89. The predicted octanol–water partition coefficient (Wildman–Crippen LogP) is 5.54. The number of carbonyl (C=O) groups excluding carboxylic acids is 1. The fourth-order valence-corrected chi connectivity index (χ4v) is 2.48. The molecule has 2 amide bonds. The van der Waals surface area contributed by atoms with Crippen molar-refractivity contribution in [2.24, 2.45) is 0 Å². The first kappa shape index (κ1) is 19.4. The highest BCUT2D eigenvalue weighted by Gasteiger charge is 2.03. The van der Waals surface area contributed by atoms with E-state index in [1.807, 2.05) is 30.3 Å². The van der Waals surface area contributed by atoms with E-state index < -0.39 is 0 Å². The smallest absolute Gasteiger partial charge is 0.319 e. The van der Waals surface area contributed by atoms with Crippen LogP contribution >= 0.6 is 23.2 Å². The van der Waals surface area contributed by atoms with Crippen molar-refractivity contribution in [3.05, 3.63) is 58.1 Å². The third kappa shape index (κ3) is 6.85. The fourth-order valence-electron chi connectivity index (χ4n) is 2.16. The monoisotopic (exact) mass is 380 g/mol. The van der Waals surface area contributed by atoms with Gasteiger partial charge in [-0.3, -0.25) is 0 Å². The first-order valence-electron chi connectivity index (χ1n) is 8.30. The Balaban J connectivity index is 1.73. The summed E-state index contributed by atoms with van der Waals surface area (Å²) in [6.45, 7) is 3.33. The molecule has 0 unspecified atom stereocenters. The van der Waals surface area contributed by atoms with E-state index in [0.717, 1.165) is 29.8 Å². The lowest BCUT2D eigenvalue weighted by molar-refractivity contribution is 0.252. The number of anilines is 1. The summed E-state index contributed by atoms with van der Waals surface area (Å²) in [6.07, 6.45) is 2.80. The number of carbonyl (C=O) groups is 1. The SMILES string of the molecule is CCCCOc1ccc(NC(=O)NCCc2ccc(Cl)c(Cl)c2)cc1. The highest BCUT2D eigenvalue weighted by Crippen LogP contribution is 2.22. The number of halogens is 2. The first-order chi connectivity index (χ1) is 12.1. The Morgan fingerprint density at radius 3 is 2.52 bits per heavy atom. The van der Waals surface area contributed by atoms with Gasteiger partial charge in [-0.15, -0.1) is 0 Å². The molecule has 4 nitrogen and oxygen atoms in total. The van der Waals surface area contributed by atoms with Crippen LogP contribution in [0.4, 0.5) is 10.5 Å². The summed E-state index contributed by atoms with van der Waals surface area (Å²) < 4.78 is 5.59. The van der Waals surface area contributed by atoms with Gasteiger partial charge in [0.15, 0.2) is 0 Å². The number of hydrogen-bond acceptors (Lipinski definition) is 2. The van der Waals surface area contributed by atoms with Gasteiger partial charge in [0.1, 0.15) is 5.75 Å². The summed E-state index contributed by atoms with van der Waals surface area (Å²) in [7, 11) is 0. The number of nitrogens with one attached hydrogen (secondary N) is 2. The van der Waals surface area contributed by atoms with Crippen molar-refractivity contribution in [1.82, 2.24) is 5.32 Å². The van der Waals surface area contributed by atoms with Gasteiger partial charge in [-0.25, -0.2) is 4.79 Å². The molecule has 0 bridgehead atoms. The average molecular weight is 381 g/mol. The maximum Gasteiger partial charge on any atom is 0.319 e. The normalized spacial score (nSPS) is 10.4. The molecule has 0 aliphatic rings. The van der Waals surface area contributed by atoms with Gasteiger partial charge in [-0.2, -0.15) is 0 Å². The minimum absolute atomic E-state index is 0.250. The maximum atomic E-state index is 11.9. The summed E-state index contributed by atoms with van der Waals surface area (Å²) in [5.41, 5.74) is 1.73. The van der Waals surface area contributed by atoms with Crippen LogP contribution < -0.4 is 15.4 Å². The molecule has 2 aromatic rings. The minimum atomic E-state index is -0.250. The second kappa shape index (κ2) is 10.2. The van der Waals surface area contributed by atoms with Crippen molar-refractivity contribution in [3.8, 4) is 5.75 Å². The molecule has 0 fully saturated rings. The van der Waals surface area contributed by atoms with Crippen molar-refractivity contribution in [2.75, 3.05) is 18.5 Å². The number of hydrogen-bond donors (Lipinski definition) is 2. The van der Waals surface area contributed by atoms with Gasteiger partial charge < -0.3 is 15.4 Å². The van der Waals surface area contributed by atoms with Crippen molar-refractivity contribution < 1.29 is 9.53 Å². The summed E-state index contributed by atoms with van der Waals surface area (Å²) in [5.74, 6) is 0.805. The molecular formula is C19H22Cl2N2O2. The van der Waals surface area contributed by atoms with E-state index in [0.29, 0.717) is 29.6 Å². The number of rotatable bonds is 8. The molecule has 0 aromatic heterocycles. The molecule has 2 N–H and O–H groups in total. The van der Waals surface area contributed by atoms with E-state index >= 15 is 0 Å². The zero-order chi connectivity index (χ0) is 18.1. The molecule has 0 saturated carbocycles. The van der Waals surface area contributed by atoms with Crippen LogP contribution in [-0.2, 0) is 6.42 Å². The Morgan fingerprint density at radius 2 is 1.84 bits per heavy atom. The Bertz CT molecular complexity index is 690. The van der Waals surface area contributed by atoms with Crippen molar-refractivity contribution in [2.45, 2.75) is 26.2 Å². The lowest BCUT2D eigenvalue weighted by Gasteiger charge is -2.09. The average Bonchev–Trinajstić information content (AvgIpc) is 2.60. The van der Waals surface area contributed by atoms with Crippen LogP contribution in [0.15, 0.2) is 42.5 Å². The lowest BCUT2D eigenvalue weighted by Crippen LogP contribution is -2.30. The molecule has 0 heterocycles. The van der Waals surface area contributed by atoms with E-state index in [-0.39, 0.29) is 6.03 Å². The van der Waals surface area contributed by atoms with Crippen molar-refractivity contribution in [3.63, 3.8) is 0 Å². The van der Waals surface area contributed by atoms with Crippen LogP contribution in [0.25, 0.3) is 0 Å². The molecule has 0 atom stereocenters. The minimum Gasteiger partial charge on any atom is -0.494 e. The number of benzene rings is 2. The summed E-state index contributed by atoms with van der Waals surface area (Å²) in [5, 5.41) is 6.65. The second-order valence-corrected chi connectivity index (χ2v) is 6.42. The number of urea groups is 1. The Labute approximate surface area is 158 Å². The topological polar surface area (TPSA) is 50.4 Å². The van der Waals surface area contributed by atoms with E-state index in [4.69, 9.17) is 27.9 Å². The molecule has 0 saturated heterocycles. The number of amides is 2. The largest absolute Gasteiger partial charge is 0.494 e. The fraction of sp³-hybridized carbons (Fsp3) is 0.316. The van der Waals surface area contributed by atoms with Gasteiger partial charge in [-0.05, 0) is 54.8 Å². The molecule has 2 rings (SSSR count). The predicted molar refractivity (Wildman–Crippen MR) is 104 cm³/mol. The molecule has 0 aliphatic carbocycles. The standard InChI is InChI=1S/C19H22Cl2N2O2/c1-2-3-12-25-16-7-5-15(6-8-16)23-19(24)22-11-10-14-4-9-17(20)18(21)13-14/h4-9,13H,2-3,10-12H2,1H3,(H2,22,23,24). The molecule has 6 heteroatoms. The molecule has 0 spiro atoms. The second-order valence-electron chi connectivity index (χ2n) is 5.61. The third-order valence-electron chi connectivity index (χ3n) is 3.56. The first-order valence-corrected chi connectivity index (χ1v) is 9.05. The van der Waals surface area contributed by atoms with Crippen LogP contribution in [0.2, 0.25) is 10.0 Å². The third-order valence-corrected chi connectivity index (χ3v) is 4.30. The van der Waals surface area contributed by atoms with E-state index in [1.165, 1.54) is 0 Å². The summed E-state index contributed by atoms with van der Waals surface area (Å²) in [4.78, 5) is 11.9. The van der Waals surface area contributed by atoms with E-state index in [2.05, 4.69) is 17.6 Å². The molecule has 2 aromatic carbocycles. The van der Waals surface area contributed by atoms with Gasteiger partial charge in [0, 0.05) is 12.2 Å². The Hall–Kier alpha value is -1.91. The van der Waals surface area contributed by atoms with Gasteiger partial charge >= 0.3 is 6.03 Å². The molecular weight excluding hydrogens is 359 g/mol. The summed E-state index contributed by atoms with van der Waals surface area (Å²) >= 11 is 11.9. The van der Waals surface area contributed by atoms with Crippen LogP contribution in [0, 0.1) is 0 Å². The molecule has 0 radical (unpaired) electrons. The van der Waals surface area contributed by atoms with Gasteiger partial charge in [-0.1, -0.05) is 42.6 Å². The quantitative estimate of drug-likeness (QED) is 0.590. The van der Waals surface area contributed by atoms with Crippen LogP contribution in [0.1, 0.15) is 25.3 Å². The van der Waals surface area contributed by atoms with E-state index in [9.17, 15) is 4.79 Å². The van der Waals surface area contributed by atoms with Crippen LogP contribution in [0.3, 0.4) is 0 Å². The Morgan fingerprint density at radius 1 is 1.08 bits per heavy atom. The highest BCUT2D eigenvalue weighted by molar-refractivity contribution is 6.42. The van der Waals surface area contributed by atoms with Crippen LogP contribution in [0.5, 0.6) is 5.75 Å². The highest BCUT2D eigenvalue weighted by atomic mass is 35.5. The number of ether oxygens (including phenoxy) is 1. The van der Waals surface area contributed by atoms with Gasteiger partial charge in [0.2, 0.25) is 0 Å². The van der Waals surface area contributed by atoms with Crippen LogP contribution in [-0.4, -0.2) is 19.2 Å². The molecule has 25 heavy (non-hydrogen) atoms. The molecule has 0 aliphatic heterocycles. The van der Waals surface area contributed by atoms with Crippen molar-refractivity contribution >= 4 is 34.9 Å². The van der Waals surface area contributed by atoms with E-state index in [1.54, 1.807) is 12.1 Å². The number of unbranched alkanes of at least 4 members (excludes halogenated alkanes) is 1. The molecule has 134 valence electrons. The van der Waals surface area contributed by atoms with Gasteiger partial charge in [0.05, 0.1) is 16.7 Å². The zero-order valence-electron chi connectivity index (χ0n) is 14.1. The zero-order valence-corrected chi connectivity index (χ0v) is 15.7. The lowest BCUT2D eigenvalue weighted by atomic mass is 10.1. The van der Waals surface area contributed by atoms with Crippen molar-refractivity contribution in [1.29, 1.82) is 0 Å².